The predicted octanol–water partition coefficient (Wildman–Crippen LogP) is 3.53. The number of benzene rings is 2. The molecule has 0 spiro atoms. The van der Waals surface area contributed by atoms with E-state index in [0.717, 1.165) is 38.5 Å². The van der Waals surface area contributed by atoms with Gasteiger partial charge in [-0.15, -0.1) is 6.58 Å². The molecule has 0 saturated carbocycles. The molecular weight excluding hydrogens is 262 g/mol. The Morgan fingerprint density at radius 1 is 1.10 bits per heavy atom. The molecule has 21 heavy (non-hydrogen) atoms. The van der Waals surface area contributed by atoms with Crippen LogP contribution in [0, 0.1) is 0 Å². The summed E-state index contributed by atoms with van der Waals surface area (Å²) in [4.78, 5) is 0. The van der Waals surface area contributed by atoms with Crippen molar-refractivity contribution in [2.45, 2.75) is 13.0 Å². The Kier molecular flexibility index (Phi) is 6.25. The number of rotatable bonds is 9. The second-order valence-electron chi connectivity index (χ2n) is 4.91. The summed E-state index contributed by atoms with van der Waals surface area (Å²) in [5.74, 6) is 0.894. The van der Waals surface area contributed by atoms with E-state index in [2.05, 4.69) is 42.2 Å². The molecule has 2 aromatic rings. The summed E-state index contributed by atoms with van der Waals surface area (Å²) in [5.41, 5.74) is 1.28. The van der Waals surface area contributed by atoms with Gasteiger partial charge in [-0.05, 0) is 41.0 Å². The molecule has 0 bridgehead atoms. The van der Waals surface area contributed by atoms with Crippen molar-refractivity contribution in [1.29, 1.82) is 0 Å². The van der Waals surface area contributed by atoms with E-state index in [9.17, 15) is 0 Å². The van der Waals surface area contributed by atoms with Crippen molar-refractivity contribution in [2.24, 2.45) is 0 Å². The third-order valence-corrected chi connectivity index (χ3v) is 3.33. The van der Waals surface area contributed by atoms with Crippen molar-refractivity contribution in [2.75, 3.05) is 26.9 Å². The van der Waals surface area contributed by atoms with Crippen molar-refractivity contribution in [3.8, 4) is 5.75 Å². The summed E-state index contributed by atoms with van der Waals surface area (Å²) in [5, 5.41) is 5.82. The van der Waals surface area contributed by atoms with E-state index in [1.807, 2.05) is 12.1 Å². The maximum absolute atomic E-state index is 5.46. The van der Waals surface area contributed by atoms with Gasteiger partial charge in [-0.1, -0.05) is 24.3 Å². The van der Waals surface area contributed by atoms with Gasteiger partial charge in [0.1, 0.15) is 5.75 Å². The van der Waals surface area contributed by atoms with Crippen molar-refractivity contribution in [3.63, 3.8) is 0 Å². The van der Waals surface area contributed by atoms with Crippen LogP contribution in [0.2, 0.25) is 0 Å². The lowest BCUT2D eigenvalue weighted by Crippen LogP contribution is -2.19. The van der Waals surface area contributed by atoms with Gasteiger partial charge in [-0.3, -0.25) is 0 Å². The Morgan fingerprint density at radius 3 is 2.71 bits per heavy atom. The van der Waals surface area contributed by atoms with Crippen molar-refractivity contribution >= 4 is 10.8 Å². The van der Waals surface area contributed by atoms with Crippen LogP contribution < -0.4 is 10.1 Å². The summed E-state index contributed by atoms with van der Waals surface area (Å²) in [6.07, 6.45) is 2.78. The van der Waals surface area contributed by atoms with Crippen molar-refractivity contribution in [3.05, 3.63) is 54.6 Å². The van der Waals surface area contributed by atoms with Gasteiger partial charge in [0.05, 0.1) is 20.3 Å². The first-order chi connectivity index (χ1) is 10.3. The molecule has 0 aliphatic carbocycles. The van der Waals surface area contributed by atoms with Crippen LogP contribution >= 0.6 is 0 Å². The van der Waals surface area contributed by atoms with Gasteiger partial charge < -0.3 is 14.8 Å². The molecule has 0 atom stereocenters. The molecule has 3 nitrogen and oxygen atoms in total. The molecule has 0 aromatic heterocycles. The van der Waals surface area contributed by atoms with Gasteiger partial charge in [0.15, 0.2) is 0 Å². The van der Waals surface area contributed by atoms with E-state index in [-0.39, 0.29) is 0 Å². The van der Waals surface area contributed by atoms with Crippen LogP contribution in [-0.2, 0) is 11.3 Å². The molecule has 0 aliphatic rings. The van der Waals surface area contributed by atoms with E-state index in [1.165, 1.54) is 16.3 Å². The monoisotopic (exact) mass is 285 g/mol. The molecule has 112 valence electrons. The molecule has 0 fully saturated rings. The number of hydrogen-bond donors (Lipinski definition) is 1. The maximum atomic E-state index is 5.46. The highest BCUT2D eigenvalue weighted by molar-refractivity contribution is 5.84. The van der Waals surface area contributed by atoms with Gasteiger partial charge in [0.25, 0.3) is 0 Å². The molecule has 0 heterocycles. The average Bonchev–Trinajstić information content (AvgIpc) is 2.53. The minimum Gasteiger partial charge on any atom is -0.497 e. The molecule has 0 unspecified atom stereocenters. The normalized spacial score (nSPS) is 10.7. The van der Waals surface area contributed by atoms with Crippen LogP contribution in [-0.4, -0.2) is 26.9 Å². The Balaban J connectivity index is 1.81. The fraction of sp³-hybridized carbons (Fsp3) is 0.333. The summed E-state index contributed by atoms with van der Waals surface area (Å²) >= 11 is 0. The van der Waals surface area contributed by atoms with Crippen LogP contribution in [0.1, 0.15) is 12.0 Å². The summed E-state index contributed by atoms with van der Waals surface area (Å²) in [6.45, 7) is 6.87. The van der Waals surface area contributed by atoms with Gasteiger partial charge in [0.2, 0.25) is 0 Å². The fourth-order valence-corrected chi connectivity index (χ4v) is 2.16. The van der Waals surface area contributed by atoms with Crippen LogP contribution in [0.25, 0.3) is 10.8 Å². The third kappa shape index (κ3) is 4.88. The Bertz CT molecular complexity index is 580. The van der Waals surface area contributed by atoms with Gasteiger partial charge >= 0.3 is 0 Å². The van der Waals surface area contributed by atoms with Crippen LogP contribution in [0.5, 0.6) is 5.75 Å². The minimum atomic E-state index is 0.735. The Morgan fingerprint density at radius 2 is 1.90 bits per heavy atom. The summed E-state index contributed by atoms with van der Waals surface area (Å²) in [7, 11) is 1.69. The third-order valence-electron chi connectivity index (χ3n) is 3.33. The Labute approximate surface area is 126 Å². The highest BCUT2D eigenvalue weighted by Gasteiger charge is 1.99. The number of hydrogen-bond acceptors (Lipinski definition) is 3. The lowest BCUT2D eigenvalue weighted by atomic mass is 10.1. The number of fused-ring (bicyclic) bond motifs is 1. The molecule has 0 aliphatic heterocycles. The zero-order valence-electron chi connectivity index (χ0n) is 12.6. The fourth-order valence-electron chi connectivity index (χ4n) is 2.16. The smallest absolute Gasteiger partial charge is 0.119 e. The molecule has 0 radical (unpaired) electrons. The van der Waals surface area contributed by atoms with E-state index in [1.54, 1.807) is 7.11 Å². The first-order valence-electron chi connectivity index (χ1n) is 7.29. The first-order valence-corrected chi connectivity index (χ1v) is 7.29. The number of ether oxygens (including phenoxy) is 2. The molecule has 2 rings (SSSR count). The van der Waals surface area contributed by atoms with Crippen molar-refractivity contribution < 1.29 is 9.47 Å². The summed E-state index contributed by atoms with van der Waals surface area (Å²) < 4.78 is 10.7. The van der Waals surface area contributed by atoms with Crippen molar-refractivity contribution in [1.82, 2.24) is 5.32 Å². The Hall–Kier alpha value is -1.84. The zero-order chi connectivity index (χ0) is 14.9. The largest absolute Gasteiger partial charge is 0.497 e. The van der Waals surface area contributed by atoms with Gasteiger partial charge in [-0.25, -0.2) is 0 Å². The highest BCUT2D eigenvalue weighted by atomic mass is 16.5. The van der Waals surface area contributed by atoms with Gasteiger partial charge in [0, 0.05) is 13.1 Å². The van der Waals surface area contributed by atoms with E-state index >= 15 is 0 Å². The lowest BCUT2D eigenvalue weighted by molar-refractivity contribution is 0.140. The highest BCUT2D eigenvalue weighted by Crippen LogP contribution is 2.21. The maximum Gasteiger partial charge on any atom is 0.119 e. The lowest BCUT2D eigenvalue weighted by Gasteiger charge is -2.08. The molecular formula is C18H23NO2. The predicted molar refractivity (Wildman–Crippen MR) is 87.8 cm³/mol. The van der Waals surface area contributed by atoms with Gasteiger partial charge in [-0.2, -0.15) is 0 Å². The molecule has 0 saturated heterocycles. The zero-order valence-corrected chi connectivity index (χ0v) is 12.6. The van der Waals surface area contributed by atoms with E-state index < -0.39 is 0 Å². The second kappa shape index (κ2) is 8.45. The molecule has 1 N–H and O–H groups in total. The minimum absolute atomic E-state index is 0.735. The van der Waals surface area contributed by atoms with E-state index in [0.29, 0.717) is 0 Å². The summed E-state index contributed by atoms with van der Waals surface area (Å²) in [6, 6.07) is 12.6. The molecule has 3 heteroatoms. The number of methoxy groups -OCH3 is 1. The molecule has 0 amide bonds. The van der Waals surface area contributed by atoms with E-state index in [4.69, 9.17) is 9.47 Å². The van der Waals surface area contributed by atoms with Crippen LogP contribution in [0.4, 0.5) is 0 Å². The quantitative estimate of drug-likeness (QED) is 0.565. The number of nitrogens with one attached hydrogen (secondary N) is 1. The van der Waals surface area contributed by atoms with Crippen LogP contribution in [0.15, 0.2) is 49.1 Å². The van der Waals surface area contributed by atoms with Crippen LogP contribution in [0.3, 0.4) is 0 Å². The first kappa shape index (κ1) is 15.5. The topological polar surface area (TPSA) is 30.5 Å². The second-order valence-corrected chi connectivity index (χ2v) is 4.91. The molecule has 2 aromatic carbocycles. The average molecular weight is 285 g/mol. The standard InChI is InChI=1S/C18H23NO2/c1-3-4-10-21-11-9-19-14-15-5-6-17-13-18(20-2)8-7-16(17)12-15/h3,5-8,12-13,19H,1,4,9-11,14H2,2H3. The SMILES string of the molecule is C=CCCOCCNCc1ccc2cc(OC)ccc2c1.